The first-order chi connectivity index (χ1) is 12.6. The monoisotopic (exact) mass is 501 g/mol. The molecule has 0 aliphatic rings. The number of hydrogen-bond donors (Lipinski definition) is 2. The molecule has 0 fully saturated rings. The molecule has 1 aromatic carbocycles. The summed E-state index contributed by atoms with van der Waals surface area (Å²) < 4.78 is 0. The van der Waals surface area contributed by atoms with Gasteiger partial charge in [0.15, 0.2) is 5.96 Å². The molecule has 150 valence electrons. The Morgan fingerprint density at radius 1 is 1.19 bits per heavy atom. The van der Waals surface area contributed by atoms with Gasteiger partial charge in [-0.2, -0.15) is 0 Å². The van der Waals surface area contributed by atoms with Gasteiger partial charge in [-0.15, -0.1) is 35.3 Å². The number of halogens is 1. The Morgan fingerprint density at radius 3 is 2.56 bits per heavy atom. The number of nitrogens with one attached hydrogen (secondary N) is 2. The molecule has 27 heavy (non-hydrogen) atoms. The fraction of sp³-hybridized carbons (Fsp3) is 0.500. The van der Waals surface area contributed by atoms with E-state index in [1.165, 1.54) is 5.69 Å². The van der Waals surface area contributed by atoms with Gasteiger partial charge in [0.1, 0.15) is 5.01 Å². The minimum atomic E-state index is 0. The van der Waals surface area contributed by atoms with Gasteiger partial charge in [-0.25, -0.2) is 4.98 Å². The van der Waals surface area contributed by atoms with E-state index in [1.54, 1.807) is 18.4 Å². The van der Waals surface area contributed by atoms with E-state index in [4.69, 9.17) is 0 Å². The molecule has 0 aliphatic heterocycles. The number of aliphatic imine (C=N–C) groups is 1. The smallest absolute Gasteiger partial charge is 0.191 e. The zero-order valence-electron chi connectivity index (χ0n) is 16.7. The van der Waals surface area contributed by atoms with E-state index in [2.05, 4.69) is 82.1 Å². The Kier molecular flexibility index (Phi) is 11.3. The molecular weight excluding hydrogens is 469 g/mol. The number of hydrogen-bond acceptors (Lipinski definition) is 4. The number of anilines is 1. The van der Waals surface area contributed by atoms with Gasteiger partial charge < -0.3 is 15.5 Å². The maximum absolute atomic E-state index is 4.64. The summed E-state index contributed by atoms with van der Waals surface area (Å²) in [5.41, 5.74) is 2.43. The topological polar surface area (TPSA) is 52.6 Å². The van der Waals surface area contributed by atoms with Crippen LogP contribution in [0.1, 0.15) is 43.3 Å². The van der Waals surface area contributed by atoms with Crippen molar-refractivity contribution < 1.29 is 0 Å². The van der Waals surface area contributed by atoms with Crippen LogP contribution in [0.4, 0.5) is 5.69 Å². The first-order valence-corrected chi connectivity index (χ1v) is 10.1. The van der Waals surface area contributed by atoms with E-state index in [0.29, 0.717) is 12.5 Å². The molecule has 0 spiro atoms. The van der Waals surface area contributed by atoms with Crippen molar-refractivity contribution >= 4 is 47.0 Å². The van der Waals surface area contributed by atoms with Crippen LogP contribution >= 0.6 is 35.3 Å². The standard InChI is InChI=1S/C20H31N5S.HI/c1-16(2)18-15-26-19(24-18)14-23-20(21-3)22-12-8-9-13-25(4)17-10-6-5-7-11-17;/h5-7,10-11,15-16H,8-9,12-14H2,1-4H3,(H2,21,22,23);1H. The molecule has 2 rings (SSSR count). The number of rotatable bonds is 9. The predicted molar refractivity (Wildman–Crippen MR) is 129 cm³/mol. The Morgan fingerprint density at radius 2 is 1.93 bits per heavy atom. The summed E-state index contributed by atoms with van der Waals surface area (Å²) in [5, 5.41) is 9.96. The largest absolute Gasteiger partial charge is 0.375 e. The highest BCUT2D eigenvalue weighted by Crippen LogP contribution is 2.17. The zero-order chi connectivity index (χ0) is 18.8. The second-order valence-corrected chi connectivity index (χ2v) is 7.58. The second-order valence-electron chi connectivity index (χ2n) is 6.64. The van der Waals surface area contributed by atoms with Crippen molar-refractivity contribution in [1.29, 1.82) is 0 Å². The number of nitrogens with zero attached hydrogens (tertiary/aromatic N) is 3. The van der Waals surface area contributed by atoms with Gasteiger partial charge >= 0.3 is 0 Å². The number of benzene rings is 1. The third-order valence-corrected chi connectivity index (χ3v) is 5.07. The second kappa shape index (κ2) is 12.9. The van der Waals surface area contributed by atoms with Gasteiger partial charge in [0.25, 0.3) is 0 Å². The van der Waals surface area contributed by atoms with Crippen LogP contribution in [0.15, 0.2) is 40.7 Å². The van der Waals surface area contributed by atoms with Gasteiger partial charge in [-0.1, -0.05) is 32.0 Å². The molecule has 0 radical (unpaired) electrons. The summed E-state index contributed by atoms with van der Waals surface area (Å²) in [5.74, 6) is 1.31. The number of para-hydroxylation sites is 1. The summed E-state index contributed by atoms with van der Waals surface area (Å²) in [4.78, 5) is 11.2. The van der Waals surface area contributed by atoms with Gasteiger partial charge in [-0.3, -0.25) is 4.99 Å². The Bertz CT molecular complexity index is 672. The van der Waals surface area contributed by atoms with E-state index < -0.39 is 0 Å². The van der Waals surface area contributed by atoms with E-state index in [9.17, 15) is 0 Å². The lowest BCUT2D eigenvalue weighted by atomic mass is 10.2. The summed E-state index contributed by atoms with van der Waals surface area (Å²) in [6.45, 7) is 7.02. The minimum absolute atomic E-state index is 0. The Labute approximate surface area is 184 Å². The van der Waals surface area contributed by atoms with Crippen LogP contribution in [0.2, 0.25) is 0 Å². The molecular formula is C20H32IN5S. The van der Waals surface area contributed by atoms with E-state index in [1.807, 2.05) is 0 Å². The predicted octanol–water partition coefficient (Wildman–Crippen LogP) is 4.47. The zero-order valence-corrected chi connectivity index (χ0v) is 19.9. The average Bonchev–Trinajstić information content (AvgIpc) is 3.14. The molecule has 0 bridgehead atoms. The summed E-state index contributed by atoms with van der Waals surface area (Å²) >= 11 is 1.70. The van der Waals surface area contributed by atoms with Crippen molar-refractivity contribution in [2.45, 2.75) is 39.2 Å². The highest BCUT2D eigenvalue weighted by Gasteiger charge is 2.06. The number of guanidine groups is 1. The van der Waals surface area contributed by atoms with Crippen LogP contribution in [0.5, 0.6) is 0 Å². The van der Waals surface area contributed by atoms with Gasteiger partial charge in [0.2, 0.25) is 0 Å². The molecule has 0 amide bonds. The highest BCUT2D eigenvalue weighted by atomic mass is 127. The molecule has 0 atom stereocenters. The van der Waals surface area contributed by atoms with Crippen LogP contribution in [0.3, 0.4) is 0 Å². The van der Waals surface area contributed by atoms with Crippen molar-refractivity contribution in [2.75, 3.05) is 32.1 Å². The first-order valence-electron chi connectivity index (χ1n) is 9.25. The molecule has 1 aromatic heterocycles. The quantitative estimate of drug-likeness (QED) is 0.231. The maximum Gasteiger partial charge on any atom is 0.191 e. The Hall–Kier alpha value is -1.35. The molecule has 0 saturated heterocycles. The third-order valence-electron chi connectivity index (χ3n) is 4.20. The third kappa shape index (κ3) is 8.47. The SMILES string of the molecule is CN=C(NCCCCN(C)c1ccccc1)NCc1nc(C(C)C)cs1.I. The molecule has 2 N–H and O–H groups in total. The van der Waals surface area contributed by atoms with E-state index in [-0.39, 0.29) is 24.0 Å². The minimum Gasteiger partial charge on any atom is -0.375 e. The number of unbranched alkanes of at least 4 members (excludes halogenated alkanes) is 1. The lowest BCUT2D eigenvalue weighted by molar-refractivity contribution is 0.686. The first kappa shape index (κ1) is 23.7. The van der Waals surface area contributed by atoms with Gasteiger partial charge in [-0.05, 0) is 30.9 Å². The highest BCUT2D eigenvalue weighted by molar-refractivity contribution is 14.0. The van der Waals surface area contributed by atoms with Crippen LogP contribution in [0, 0.1) is 0 Å². The van der Waals surface area contributed by atoms with Crippen molar-refractivity contribution in [2.24, 2.45) is 4.99 Å². The van der Waals surface area contributed by atoms with Crippen molar-refractivity contribution in [3.63, 3.8) is 0 Å². The van der Waals surface area contributed by atoms with Crippen molar-refractivity contribution in [3.8, 4) is 0 Å². The van der Waals surface area contributed by atoms with E-state index >= 15 is 0 Å². The van der Waals surface area contributed by atoms with E-state index in [0.717, 1.165) is 42.6 Å². The van der Waals surface area contributed by atoms with Gasteiger partial charge in [0.05, 0.1) is 12.2 Å². The van der Waals surface area contributed by atoms with Crippen molar-refractivity contribution in [3.05, 3.63) is 46.4 Å². The molecule has 0 unspecified atom stereocenters. The van der Waals surface area contributed by atoms with Crippen LogP contribution in [0.25, 0.3) is 0 Å². The molecule has 5 nitrogen and oxygen atoms in total. The van der Waals surface area contributed by atoms with Gasteiger partial charge in [0, 0.05) is 38.3 Å². The normalized spacial score (nSPS) is 11.2. The lowest BCUT2D eigenvalue weighted by Gasteiger charge is -2.19. The molecule has 0 saturated carbocycles. The van der Waals surface area contributed by atoms with Crippen LogP contribution in [-0.4, -0.2) is 38.1 Å². The molecule has 7 heteroatoms. The molecule has 2 aromatic rings. The molecule has 0 aliphatic carbocycles. The molecule has 1 heterocycles. The number of thiazole rings is 1. The summed E-state index contributed by atoms with van der Waals surface area (Å²) in [6.07, 6.45) is 2.24. The average molecular weight is 501 g/mol. The summed E-state index contributed by atoms with van der Waals surface area (Å²) in [7, 11) is 3.95. The van der Waals surface area contributed by atoms with Crippen LogP contribution < -0.4 is 15.5 Å². The fourth-order valence-electron chi connectivity index (χ4n) is 2.54. The number of aromatic nitrogens is 1. The maximum atomic E-state index is 4.64. The fourth-order valence-corrected chi connectivity index (χ4v) is 3.44. The van der Waals surface area contributed by atoms with Crippen LogP contribution in [-0.2, 0) is 6.54 Å². The Balaban J connectivity index is 0.00000364. The van der Waals surface area contributed by atoms with Crippen molar-refractivity contribution in [1.82, 2.24) is 15.6 Å². The lowest BCUT2D eigenvalue weighted by Crippen LogP contribution is -2.37. The summed E-state index contributed by atoms with van der Waals surface area (Å²) in [6, 6.07) is 10.5.